The first kappa shape index (κ1) is 14.4. The fraction of sp³-hybridized carbons (Fsp3) is 0.467. The summed E-state index contributed by atoms with van der Waals surface area (Å²) in [4.78, 5) is 4.31. The summed E-state index contributed by atoms with van der Waals surface area (Å²) in [6.45, 7) is 4.59. The van der Waals surface area contributed by atoms with Crippen LogP contribution in [0.25, 0.3) is 11.3 Å². The lowest BCUT2D eigenvalue weighted by Gasteiger charge is -2.25. The van der Waals surface area contributed by atoms with Crippen LogP contribution in [0, 0.1) is 13.8 Å². The highest BCUT2D eigenvalue weighted by Gasteiger charge is 2.23. The molecule has 0 amide bonds. The number of pyridine rings is 1. The van der Waals surface area contributed by atoms with E-state index in [1.54, 1.807) is 0 Å². The molecule has 1 saturated heterocycles. The maximum absolute atomic E-state index is 6.32. The highest BCUT2D eigenvalue weighted by atomic mass is 35.5. The predicted octanol–water partition coefficient (Wildman–Crippen LogP) is 3.50. The number of rotatable bonds is 2. The summed E-state index contributed by atoms with van der Waals surface area (Å²) in [6.07, 6.45) is 3.13. The number of aromatic nitrogens is 3. The van der Waals surface area contributed by atoms with Crippen LogP contribution < -0.4 is 5.73 Å². The van der Waals surface area contributed by atoms with E-state index in [0.717, 1.165) is 48.5 Å². The first-order valence-electron chi connectivity index (χ1n) is 7.17. The Labute approximate surface area is 129 Å². The highest BCUT2D eigenvalue weighted by molar-refractivity contribution is 6.32. The molecule has 2 aromatic rings. The molecule has 1 unspecified atom stereocenters. The Morgan fingerprint density at radius 3 is 2.76 bits per heavy atom. The molecule has 1 aliphatic rings. The molecule has 2 aromatic heterocycles. The van der Waals surface area contributed by atoms with E-state index in [0.29, 0.717) is 10.8 Å². The molecule has 0 aromatic carbocycles. The Kier molecular flexibility index (Phi) is 3.87. The number of nitrogens with two attached hydrogens (primary N) is 1. The van der Waals surface area contributed by atoms with Crippen molar-refractivity contribution in [1.29, 1.82) is 0 Å². The monoisotopic (exact) mass is 306 g/mol. The summed E-state index contributed by atoms with van der Waals surface area (Å²) >= 11 is 6.32. The first-order valence-corrected chi connectivity index (χ1v) is 7.55. The third-order valence-electron chi connectivity index (χ3n) is 3.68. The zero-order chi connectivity index (χ0) is 15.0. The van der Waals surface area contributed by atoms with Crippen molar-refractivity contribution >= 4 is 17.3 Å². The van der Waals surface area contributed by atoms with E-state index in [1.807, 2.05) is 30.7 Å². The predicted molar refractivity (Wildman–Crippen MR) is 83.2 cm³/mol. The third kappa shape index (κ3) is 2.76. The SMILES string of the molecule is Cc1cc(N)c(-c2cc(C)nn2C2CCCCO2)c(Cl)n1. The average molecular weight is 307 g/mol. The van der Waals surface area contributed by atoms with E-state index < -0.39 is 0 Å². The van der Waals surface area contributed by atoms with E-state index in [9.17, 15) is 0 Å². The number of nitrogen functional groups attached to an aromatic ring is 1. The molecule has 3 heterocycles. The number of hydrogen-bond acceptors (Lipinski definition) is 4. The minimum absolute atomic E-state index is 0.0563. The Hall–Kier alpha value is -1.59. The van der Waals surface area contributed by atoms with E-state index in [4.69, 9.17) is 22.1 Å². The number of anilines is 1. The summed E-state index contributed by atoms with van der Waals surface area (Å²) in [5.41, 5.74) is 10.1. The van der Waals surface area contributed by atoms with Gasteiger partial charge in [-0.3, -0.25) is 0 Å². The summed E-state index contributed by atoms with van der Waals surface area (Å²) in [6, 6.07) is 3.81. The van der Waals surface area contributed by atoms with Gasteiger partial charge in [0.05, 0.1) is 17.0 Å². The Morgan fingerprint density at radius 1 is 1.29 bits per heavy atom. The maximum Gasteiger partial charge on any atom is 0.150 e. The second-order valence-electron chi connectivity index (χ2n) is 5.46. The van der Waals surface area contributed by atoms with Gasteiger partial charge in [-0.2, -0.15) is 5.10 Å². The number of nitrogens with zero attached hydrogens (tertiary/aromatic N) is 3. The lowest BCUT2D eigenvalue weighted by Crippen LogP contribution is -2.20. The van der Waals surface area contributed by atoms with Crippen LogP contribution in [-0.2, 0) is 4.74 Å². The molecule has 0 bridgehead atoms. The van der Waals surface area contributed by atoms with Gasteiger partial charge in [0.2, 0.25) is 0 Å². The molecule has 21 heavy (non-hydrogen) atoms. The normalized spacial score (nSPS) is 18.9. The molecule has 0 saturated carbocycles. The van der Waals surface area contributed by atoms with Gasteiger partial charge in [-0.15, -0.1) is 0 Å². The zero-order valence-electron chi connectivity index (χ0n) is 12.3. The van der Waals surface area contributed by atoms with Gasteiger partial charge in [0, 0.05) is 18.0 Å². The quantitative estimate of drug-likeness (QED) is 0.862. The summed E-state index contributed by atoms with van der Waals surface area (Å²) in [5, 5.41) is 4.97. The van der Waals surface area contributed by atoms with Crippen molar-refractivity contribution in [2.45, 2.75) is 39.3 Å². The molecule has 1 aliphatic heterocycles. The Morgan fingerprint density at radius 2 is 2.10 bits per heavy atom. The smallest absolute Gasteiger partial charge is 0.150 e. The van der Waals surface area contributed by atoms with Crippen molar-refractivity contribution in [3.05, 3.63) is 28.7 Å². The van der Waals surface area contributed by atoms with Crippen LogP contribution in [0.3, 0.4) is 0 Å². The molecule has 5 nitrogen and oxygen atoms in total. The van der Waals surface area contributed by atoms with Gasteiger partial charge in [0.15, 0.2) is 6.23 Å². The minimum atomic E-state index is -0.0563. The van der Waals surface area contributed by atoms with E-state index in [1.165, 1.54) is 0 Å². The number of aryl methyl sites for hydroxylation is 2. The Bertz CT molecular complexity index is 639. The number of ether oxygens (including phenoxy) is 1. The molecule has 0 spiro atoms. The van der Waals surface area contributed by atoms with Gasteiger partial charge in [-0.25, -0.2) is 9.67 Å². The van der Waals surface area contributed by atoms with Crippen molar-refractivity contribution in [1.82, 2.24) is 14.8 Å². The third-order valence-corrected chi connectivity index (χ3v) is 3.95. The van der Waals surface area contributed by atoms with Crippen molar-refractivity contribution in [2.75, 3.05) is 12.3 Å². The number of halogens is 1. The van der Waals surface area contributed by atoms with Gasteiger partial charge in [-0.05, 0) is 45.2 Å². The topological polar surface area (TPSA) is 66.0 Å². The molecule has 3 rings (SSSR count). The fourth-order valence-electron chi connectivity index (χ4n) is 2.75. The molecular formula is C15H19ClN4O. The van der Waals surface area contributed by atoms with Crippen molar-refractivity contribution < 1.29 is 4.74 Å². The zero-order valence-corrected chi connectivity index (χ0v) is 13.0. The lowest BCUT2D eigenvalue weighted by molar-refractivity contribution is -0.0385. The van der Waals surface area contributed by atoms with Gasteiger partial charge >= 0.3 is 0 Å². The van der Waals surface area contributed by atoms with Crippen molar-refractivity contribution in [2.24, 2.45) is 0 Å². The fourth-order valence-corrected chi connectivity index (χ4v) is 3.09. The maximum atomic E-state index is 6.32. The van der Waals surface area contributed by atoms with Gasteiger partial charge in [-0.1, -0.05) is 11.6 Å². The van der Waals surface area contributed by atoms with Crippen LogP contribution in [0.5, 0.6) is 0 Å². The van der Waals surface area contributed by atoms with E-state index >= 15 is 0 Å². The summed E-state index contributed by atoms with van der Waals surface area (Å²) in [7, 11) is 0. The van der Waals surface area contributed by atoms with Gasteiger partial charge < -0.3 is 10.5 Å². The second-order valence-corrected chi connectivity index (χ2v) is 5.81. The molecule has 1 fully saturated rings. The molecule has 0 radical (unpaired) electrons. The molecule has 0 aliphatic carbocycles. The van der Waals surface area contributed by atoms with Gasteiger partial charge in [0.1, 0.15) is 5.15 Å². The summed E-state index contributed by atoms with van der Waals surface area (Å²) < 4.78 is 7.73. The Balaban J connectivity index is 2.10. The molecule has 6 heteroatoms. The van der Waals surface area contributed by atoms with Crippen molar-refractivity contribution in [3.8, 4) is 11.3 Å². The lowest BCUT2D eigenvalue weighted by atomic mass is 10.1. The standard InChI is InChI=1S/C15H19ClN4O/c1-9-7-11(17)14(15(16)18-9)12-8-10(2)19-20(12)13-5-3-4-6-21-13/h7-8,13H,3-6H2,1-2H3,(H2,17,18). The van der Waals surface area contributed by atoms with Gasteiger partial charge in [0.25, 0.3) is 0 Å². The average Bonchev–Trinajstić information content (AvgIpc) is 2.80. The molecular weight excluding hydrogens is 288 g/mol. The molecule has 112 valence electrons. The van der Waals surface area contributed by atoms with E-state index in [2.05, 4.69) is 10.1 Å². The van der Waals surface area contributed by atoms with Crippen molar-refractivity contribution in [3.63, 3.8) is 0 Å². The van der Waals surface area contributed by atoms with Crippen LogP contribution in [0.1, 0.15) is 36.9 Å². The van der Waals surface area contributed by atoms with Crippen LogP contribution in [0.4, 0.5) is 5.69 Å². The minimum Gasteiger partial charge on any atom is -0.398 e. The van der Waals surface area contributed by atoms with E-state index in [-0.39, 0.29) is 6.23 Å². The highest BCUT2D eigenvalue weighted by Crippen LogP contribution is 2.36. The summed E-state index contributed by atoms with van der Waals surface area (Å²) in [5.74, 6) is 0. The van der Waals surface area contributed by atoms with Crippen LogP contribution in [0.15, 0.2) is 12.1 Å². The second kappa shape index (κ2) is 5.66. The van der Waals surface area contributed by atoms with Crippen LogP contribution >= 0.6 is 11.6 Å². The van der Waals surface area contributed by atoms with Crippen LogP contribution in [0.2, 0.25) is 5.15 Å². The molecule has 2 N–H and O–H groups in total. The molecule has 1 atom stereocenters. The first-order chi connectivity index (χ1) is 10.1. The van der Waals surface area contributed by atoms with Crippen LogP contribution in [-0.4, -0.2) is 21.4 Å². The number of hydrogen-bond donors (Lipinski definition) is 1. The largest absolute Gasteiger partial charge is 0.398 e.